The third-order valence-electron chi connectivity index (χ3n) is 3.00. The molecule has 1 N–H and O–H groups in total. The molecule has 2 rings (SSSR count). The highest BCUT2D eigenvalue weighted by atomic mass is 16.5. The van der Waals surface area contributed by atoms with Crippen molar-refractivity contribution in [3.63, 3.8) is 0 Å². The molecular formula is C11H19N3O2. The topological polar surface area (TPSA) is 62.4 Å². The maximum absolute atomic E-state index is 9.71. The maximum Gasteiger partial charge on any atom is 0.266 e. The van der Waals surface area contributed by atoms with Gasteiger partial charge in [-0.25, -0.2) is 0 Å². The molecule has 1 aliphatic heterocycles. The van der Waals surface area contributed by atoms with Crippen molar-refractivity contribution in [3.05, 3.63) is 5.89 Å². The molecule has 0 saturated carbocycles. The van der Waals surface area contributed by atoms with E-state index in [0.29, 0.717) is 18.3 Å². The molecule has 16 heavy (non-hydrogen) atoms. The van der Waals surface area contributed by atoms with E-state index in [0.717, 1.165) is 13.1 Å². The van der Waals surface area contributed by atoms with E-state index in [1.165, 1.54) is 12.8 Å². The van der Waals surface area contributed by atoms with Crippen LogP contribution in [0.1, 0.15) is 32.6 Å². The van der Waals surface area contributed by atoms with E-state index in [4.69, 9.17) is 4.52 Å². The first-order valence-corrected chi connectivity index (χ1v) is 5.92. The molecule has 1 aromatic rings. The van der Waals surface area contributed by atoms with Gasteiger partial charge in [0.1, 0.15) is 0 Å². The van der Waals surface area contributed by atoms with Crippen molar-refractivity contribution in [2.45, 2.75) is 39.2 Å². The molecule has 1 unspecified atom stereocenters. The molecule has 2 heterocycles. The third kappa shape index (κ3) is 2.52. The quantitative estimate of drug-likeness (QED) is 0.835. The molecule has 0 radical (unpaired) electrons. The van der Waals surface area contributed by atoms with Crippen LogP contribution in [0.5, 0.6) is 0 Å². The number of hydrogen-bond donors (Lipinski definition) is 1. The van der Waals surface area contributed by atoms with Crippen LogP contribution in [0, 0.1) is 5.92 Å². The second-order valence-corrected chi connectivity index (χ2v) is 4.70. The molecule has 0 spiro atoms. The van der Waals surface area contributed by atoms with Gasteiger partial charge in [0.2, 0.25) is 5.89 Å². The van der Waals surface area contributed by atoms with E-state index in [2.05, 4.69) is 15.0 Å². The highest BCUT2D eigenvalue weighted by molar-refractivity contribution is 5.28. The second-order valence-electron chi connectivity index (χ2n) is 4.70. The molecule has 90 valence electrons. The predicted octanol–water partition coefficient (Wildman–Crippen LogP) is 1.23. The Balaban J connectivity index is 1.96. The van der Waals surface area contributed by atoms with Crippen molar-refractivity contribution in [2.75, 3.05) is 18.0 Å². The van der Waals surface area contributed by atoms with Crippen LogP contribution < -0.4 is 4.90 Å². The Morgan fingerprint density at radius 3 is 2.69 bits per heavy atom. The number of nitrogens with zero attached hydrogens (tertiary/aromatic N) is 3. The molecular weight excluding hydrogens is 206 g/mol. The van der Waals surface area contributed by atoms with Crippen molar-refractivity contribution in [1.29, 1.82) is 0 Å². The molecule has 5 nitrogen and oxygen atoms in total. The third-order valence-corrected chi connectivity index (χ3v) is 3.00. The number of rotatable bonds is 4. The lowest BCUT2D eigenvalue weighted by molar-refractivity contribution is 0.116. The van der Waals surface area contributed by atoms with Gasteiger partial charge in [-0.1, -0.05) is 13.8 Å². The molecule has 0 bridgehead atoms. The number of aliphatic hydroxyl groups excluding tert-OH is 1. The molecule has 0 amide bonds. The fourth-order valence-corrected chi connectivity index (χ4v) is 1.79. The summed E-state index contributed by atoms with van der Waals surface area (Å²) in [5, 5.41) is 13.7. The van der Waals surface area contributed by atoms with E-state index in [1.54, 1.807) is 0 Å². The summed E-state index contributed by atoms with van der Waals surface area (Å²) in [7, 11) is 0. The summed E-state index contributed by atoms with van der Waals surface area (Å²) >= 11 is 0. The molecule has 1 atom stereocenters. The van der Waals surface area contributed by atoms with Crippen LogP contribution in [-0.2, 0) is 6.42 Å². The van der Waals surface area contributed by atoms with Gasteiger partial charge in [0, 0.05) is 13.1 Å². The zero-order valence-electron chi connectivity index (χ0n) is 9.89. The zero-order valence-corrected chi connectivity index (χ0v) is 9.89. The molecule has 1 aliphatic rings. The number of anilines is 1. The van der Waals surface area contributed by atoms with E-state index < -0.39 is 6.10 Å². The normalized spacial score (nSPS) is 18.4. The smallest absolute Gasteiger partial charge is 0.266 e. The van der Waals surface area contributed by atoms with Crippen LogP contribution in [0.25, 0.3) is 0 Å². The van der Waals surface area contributed by atoms with Gasteiger partial charge < -0.3 is 14.5 Å². The van der Waals surface area contributed by atoms with Gasteiger partial charge in [-0.05, 0) is 23.9 Å². The van der Waals surface area contributed by atoms with Gasteiger partial charge in [-0.15, -0.1) is 0 Å². The van der Waals surface area contributed by atoms with Crippen LogP contribution >= 0.6 is 0 Å². The Morgan fingerprint density at radius 2 is 2.06 bits per heavy atom. The van der Waals surface area contributed by atoms with Crippen molar-refractivity contribution in [2.24, 2.45) is 5.92 Å². The van der Waals surface area contributed by atoms with Gasteiger partial charge in [0.05, 0.1) is 12.5 Å². The number of aliphatic hydroxyl groups is 1. The van der Waals surface area contributed by atoms with Crippen LogP contribution in [0.15, 0.2) is 4.52 Å². The van der Waals surface area contributed by atoms with E-state index in [1.807, 2.05) is 13.8 Å². The van der Waals surface area contributed by atoms with Crippen molar-refractivity contribution < 1.29 is 9.63 Å². The Morgan fingerprint density at radius 1 is 1.38 bits per heavy atom. The van der Waals surface area contributed by atoms with Gasteiger partial charge in [-0.3, -0.25) is 0 Å². The van der Waals surface area contributed by atoms with Crippen LogP contribution in [0.3, 0.4) is 0 Å². The van der Waals surface area contributed by atoms with Crippen molar-refractivity contribution in [1.82, 2.24) is 10.1 Å². The van der Waals surface area contributed by atoms with Crippen LogP contribution in [0.4, 0.5) is 5.95 Å². The Labute approximate surface area is 95.4 Å². The largest absolute Gasteiger partial charge is 0.392 e. The minimum absolute atomic E-state index is 0.210. The highest BCUT2D eigenvalue weighted by Crippen LogP contribution is 2.17. The van der Waals surface area contributed by atoms with Gasteiger partial charge >= 0.3 is 0 Å². The Hall–Kier alpha value is -1.10. The average Bonchev–Trinajstić information content (AvgIpc) is 2.85. The van der Waals surface area contributed by atoms with E-state index >= 15 is 0 Å². The molecule has 0 aliphatic carbocycles. The van der Waals surface area contributed by atoms with E-state index in [9.17, 15) is 5.11 Å². The van der Waals surface area contributed by atoms with Crippen LogP contribution in [-0.4, -0.2) is 34.4 Å². The van der Waals surface area contributed by atoms with E-state index in [-0.39, 0.29) is 5.92 Å². The van der Waals surface area contributed by atoms with Crippen LogP contribution in [0.2, 0.25) is 0 Å². The SMILES string of the molecule is CC(C)C(O)Cc1nc(N2CCCC2)no1. The predicted molar refractivity (Wildman–Crippen MR) is 60.3 cm³/mol. The fraction of sp³-hybridized carbons (Fsp3) is 0.818. The summed E-state index contributed by atoms with van der Waals surface area (Å²) in [5.74, 6) is 1.41. The summed E-state index contributed by atoms with van der Waals surface area (Å²) in [4.78, 5) is 6.42. The lowest BCUT2D eigenvalue weighted by atomic mass is 10.0. The molecule has 1 saturated heterocycles. The highest BCUT2D eigenvalue weighted by Gasteiger charge is 2.20. The maximum atomic E-state index is 9.71. The standard InChI is InChI=1S/C11H19N3O2/c1-8(2)9(15)7-10-12-11(13-16-10)14-5-3-4-6-14/h8-9,15H,3-7H2,1-2H3. The fourth-order valence-electron chi connectivity index (χ4n) is 1.79. The van der Waals surface area contributed by atoms with Gasteiger partial charge in [-0.2, -0.15) is 4.98 Å². The molecule has 1 fully saturated rings. The molecule has 5 heteroatoms. The lowest BCUT2D eigenvalue weighted by Crippen LogP contribution is -2.20. The Kier molecular flexibility index (Phi) is 3.43. The minimum Gasteiger partial charge on any atom is -0.392 e. The second kappa shape index (κ2) is 4.82. The first-order chi connectivity index (χ1) is 7.66. The van der Waals surface area contributed by atoms with Crippen molar-refractivity contribution in [3.8, 4) is 0 Å². The first-order valence-electron chi connectivity index (χ1n) is 5.92. The molecule has 1 aromatic heterocycles. The number of hydrogen-bond acceptors (Lipinski definition) is 5. The van der Waals surface area contributed by atoms with Crippen molar-refractivity contribution >= 4 is 5.95 Å². The zero-order chi connectivity index (χ0) is 11.5. The lowest BCUT2D eigenvalue weighted by Gasteiger charge is -2.11. The molecule has 0 aromatic carbocycles. The minimum atomic E-state index is -0.410. The Bertz CT molecular complexity index is 332. The van der Waals surface area contributed by atoms with Gasteiger partial charge in [0.15, 0.2) is 0 Å². The summed E-state index contributed by atoms with van der Waals surface area (Å²) in [6, 6.07) is 0. The first kappa shape index (κ1) is 11.4. The average molecular weight is 225 g/mol. The summed E-state index contributed by atoms with van der Waals surface area (Å²) in [5.41, 5.74) is 0. The summed E-state index contributed by atoms with van der Waals surface area (Å²) in [6.07, 6.45) is 2.42. The van der Waals surface area contributed by atoms with Gasteiger partial charge in [0.25, 0.3) is 5.95 Å². The monoisotopic (exact) mass is 225 g/mol. The summed E-state index contributed by atoms with van der Waals surface area (Å²) in [6.45, 7) is 5.96. The summed E-state index contributed by atoms with van der Waals surface area (Å²) < 4.78 is 5.14. The number of aromatic nitrogens is 2.